The molecule has 94 valence electrons. The van der Waals surface area contributed by atoms with Gasteiger partial charge >= 0.3 is 0 Å². The monoisotopic (exact) mass is 235 g/mol. The van der Waals surface area contributed by atoms with Crippen LogP contribution in [-0.2, 0) is 0 Å². The molecule has 2 heterocycles. The largest absolute Gasteiger partial charge is 0.365 e. The van der Waals surface area contributed by atoms with Gasteiger partial charge in [-0.2, -0.15) is 0 Å². The molecule has 2 unspecified atom stereocenters. The molecule has 1 aromatic rings. The Balaban J connectivity index is 2.07. The van der Waals surface area contributed by atoms with E-state index in [-0.39, 0.29) is 11.9 Å². The molecule has 0 aliphatic carbocycles. The van der Waals surface area contributed by atoms with Crippen molar-refractivity contribution in [3.8, 4) is 0 Å². The maximum Gasteiger partial charge on any atom is 0.255 e. The minimum Gasteiger partial charge on any atom is -0.365 e. The molecule has 1 aliphatic heterocycles. The normalized spacial score (nSPS) is 22.5. The first-order valence-corrected chi connectivity index (χ1v) is 6.28. The predicted octanol–water partition coefficient (Wildman–Crippen LogP) is 1.52. The smallest absolute Gasteiger partial charge is 0.255 e. The topological polar surface area (TPSA) is 62.1 Å². The van der Waals surface area contributed by atoms with Gasteiger partial charge in [0, 0.05) is 31.0 Å². The van der Waals surface area contributed by atoms with Crippen LogP contribution in [0.1, 0.15) is 35.8 Å². The van der Waals surface area contributed by atoms with E-state index >= 15 is 0 Å². The van der Waals surface area contributed by atoms with Crippen molar-refractivity contribution in [3.63, 3.8) is 0 Å². The summed E-state index contributed by atoms with van der Waals surface area (Å²) in [5, 5.41) is 0. The van der Waals surface area contributed by atoms with Gasteiger partial charge in [0.2, 0.25) is 0 Å². The third kappa shape index (κ3) is 2.52. The molecule has 1 aromatic heterocycles. The Labute approximate surface area is 102 Å². The van der Waals surface area contributed by atoms with E-state index in [1.807, 2.05) is 31.0 Å². The highest BCUT2D eigenvalue weighted by Crippen LogP contribution is 2.21. The van der Waals surface area contributed by atoms with Crippen molar-refractivity contribution >= 4 is 5.91 Å². The summed E-state index contributed by atoms with van der Waals surface area (Å²) in [6.07, 6.45) is 4.00. The number of nitrogens with zero attached hydrogens (tertiary/aromatic N) is 1. The number of piperidine rings is 1. The number of aromatic nitrogens is 1. The third-order valence-electron chi connectivity index (χ3n) is 3.67. The first-order valence-electron chi connectivity index (χ1n) is 6.28. The lowest BCUT2D eigenvalue weighted by atomic mass is 9.92. The number of nitrogens with two attached hydrogens (primary N) is 1. The molecular weight excluding hydrogens is 214 g/mol. The van der Waals surface area contributed by atoms with Crippen molar-refractivity contribution in [2.24, 2.45) is 11.7 Å². The van der Waals surface area contributed by atoms with E-state index < -0.39 is 0 Å². The van der Waals surface area contributed by atoms with Crippen LogP contribution in [0.2, 0.25) is 0 Å². The van der Waals surface area contributed by atoms with E-state index in [0.717, 1.165) is 37.2 Å². The van der Waals surface area contributed by atoms with Gasteiger partial charge in [-0.3, -0.25) is 4.79 Å². The second-order valence-corrected chi connectivity index (χ2v) is 5.03. The van der Waals surface area contributed by atoms with Crippen LogP contribution in [0.15, 0.2) is 12.3 Å². The summed E-state index contributed by atoms with van der Waals surface area (Å²) >= 11 is 0. The second-order valence-electron chi connectivity index (χ2n) is 5.03. The Morgan fingerprint density at radius 3 is 3.00 bits per heavy atom. The zero-order valence-corrected chi connectivity index (χ0v) is 10.6. The number of carbonyl (C=O) groups is 1. The molecule has 0 radical (unpaired) electrons. The van der Waals surface area contributed by atoms with Gasteiger partial charge in [0.1, 0.15) is 0 Å². The van der Waals surface area contributed by atoms with Crippen LogP contribution < -0.4 is 5.73 Å². The number of amides is 1. The maximum atomic E-state index is 12.3. The molecule has 2 atom stereocenters. The van der Waals surface area contributed by atoms with E-state index in [1.54, 1.807) is 0 Å². The minimum absolute atomic E-state index is 0.133. The number of carbonyl (C=O) groups excluding carboxylic acids is 1. The molecule has 0 spiro atoms. The first-order chi connectivity index (χ1) is 8.09. The molecule has 2 rings (SSSR count). The van der Waals surface area contributed by atoms with Crippen molar-refractivity contribution < 1.29 is 4.79 Å². The average molecular weight is 235 g/mol. The number of nitrogens with one attached hydrogen (secondary N) is 1. The molecule has 0 bridgehead atoms. The Bertz CT molecular complexity index is 397. The molecule has 1 aliphatic rings. The maximum absolute atomic E-state index is 12.3. The fourth-order valence-electron chi connectivity index (χ4n) is 2.48. The zero-order valence-electron chi connectivity index (χ0n) is 10.6. The second kappa shape index (κ2) is 4.92. The SMILES string of the molecule is Cc1[nH]ccc1C(=O)N1CCCC(C(C)N)C1. The van der Waals surface area contributed by atoms with Crippen LogP contribution in [0.3, 0.4) is 0 Å². The standard InChI is InChI=1S/C13H21N3O/c1-9(14)11-4-3-7-16(8-11)13(17)12-5-6-15-10(12)2/h5-6,9,11,15H,3-4,7-8,14H2,1-2H3. The van der Waals surface area contributed by atoms with E-state index in [9.17, 15) is 4.79 Å². The molecule has 1 fully saturated rings. The number of aromatic amines is 1. The zero-order chi connectivity index (χ0) is 12.4. The van der Waals surface area contributed by atoms with Crippen LogP contribution in [0.5, 0.6) is 0 Å². The third-order valence-corrected chi connectivity index (χ3v) is 3.67. The van der Waals surface area contributed by atoms with Gasteiger partial charge in [0.05, 0.1) is 5.56 Å². The first kappa shape index (κ1) is 12.2. The van der Waals surface area contributed by atoms with Crippen molar-refractivity contribution in [2.45, 2.75) is 32.7 Å². The summed E-state index contributed by atoms with van der Waals surface area (Å²) in [4.78, 5) is 17.3. The summed E-state index contributed by atoms with van der Waals surface area (Å²) in [6, 6.07) is 2.02. The van der Waals surface area contributed by atoms with Crippen molar-refractivity contribution in [1.29, 1.82) is 0 Å². The lowest BCUT2D eigenvalue weighted by Crippen LogP contribution is -2.45. The van der Waals surface area contributed by atoms with Crippen molar-refractivity contribution in [3.05, 3.63) is 23.5 Å². The van der Waals surface area contributed by atoms with Gasteiger partial charge < -0.3 is 15.6 Å². The average Bonchev–Trinajstić information content (AvgIpc) is 2.74. The molecule has 1 amide bonds. The number of H-pyrrole nitrogens is 1. The summed E-state index contributed by atoms with van der Waals surface area (Å²) < 4.78 is 0. The highest BCUT2D eigenvalue weighted by molar-refractivity contribution is 5.95. The summed E-state index contributed by atoms with van der Waals surface area (Å²) in [6.45, 7) is 5.61. The minimum atomic E-state index is 0.133. The quantitative estimate of drug-likeness (QED) is 0.816. The Morgan fingerprint density at radius 1 is 1.65 bits per heavy atom. The fourth-order valence-corrected chi connectivity index (χ4v) is 2.48. The molecule has 1 saturated heterocycles. The Morgan fingerprint density at radius 2 is 2.41 bits per heavy atom. The highest BCUT2D eigenvalue weighted by atomic mass is 16.2. The highest BCUT2D eigenvalue weighted by Gasteiger charge is 2.27. The van der Waals surface area contributed by atoms with E-state index in [4.69, 9.17) is 5.73 Å². The van der Waals surface area contributed by atoms with E-state index in [0.29, 0.717) is 5.92 Å². The van der Waals surface area contributed by atoms with Crippen molar-refractivity contribution in [2.75, 3.05) is 13.1 Å². The molecule has 0 aromatic carbocycles. The Kier molecular flexibility index (Phi) is 3.52. The number of hydrogen-bond acceptors (Lipinski definition) is 2. The number of rotatable bonds is 2. The molecule has 3 N–H and O–H groups in total. The number of hydrogen-bond donors (Lipinski definition) is 2. The summed E-state index contributed by atoms with van der Waals surface area (Å²) in [5.74, 6) is 0.570. The van der Waals surface area contributed by atoms with Crippen LogP contribution in [-0.4, -0.2) is 34.9 Å². The van der Waals surface area contributed by atoms with E-state index in [2.05, 4.69) is 4.98 Å². The van der Waals surface area contributed by atoms with Gasteiger partial charge in [0.25, 0.3) is 5.91 Å². The van der Waals surface area contributed by atoms with Gasteiger partial charge in [-0.25, -0.2) is 0 Å². The van der Waals surface area contributed by atoms with Crippen molar-refractivity contribution in [1.82, 2.24) is 9.88 Å². The molecule has 17 heavy (non-hydrogen) atoms. The lowest BCUT2D eigenvalue weighted by molar-refractivity contribution is 0.0660. The fraction of sp³-hybridized carbons (Fsp3) is 0.615. The molecule has 0 saturated carbocycles. The van der Waals surface area contributed by atoms with Gasteiger partial charge in [-0.05, 0) is 38.7 Å². The van der Waals surface area contributed by atoms with Gasteiger partial charge in [0.15, 0.2) is 0 Å². The number of aryl methyl sites for hydroxylation is 1. The summed E-state index contributed by atoms with van der Waals surface area (Å²) in [5.41, 5.74) is 7.66. The van der Waals surface area contributed by atoms with Crippen LogP contribution in [0.25, 0.3) is 0 Å². The number of likely N-dealkylation sites (tertiary alicyclic amines) is 1. The van der Waals surface area contributed by atoms with Gasteiger partial charge in [-0.1, -0.05) is 0 Å². The van der Waals surface area contributed by atoms with Crippen LogP contribution in [0.4, 0.5) is 0 Å². The molecule has 4 nitrogen and oxygen atoms in total. The predicted molar refractivity (Wildman–Crippen MR) is 67.8 cm³/mol. The summed E-state index contributed by atoms with van der Waals surface area (Å²) in [7, 11) is 0. The van der Waals surface area contributed by atoms with E-state index in [1.165, 1.54) is 0 Å². The molecule has 4 heteroatoms. The van der Waals surface area contributed by atoms with Crippen LogP contribution >= 0.6 is 0 Å². The van der Waals surface area contributed by atoms with Gasteiger partial charge in [-0.15, -0.1) is 0 Å². The lowest BCUT2D eigenvalue weighted by Gasteiger charge is -2.34. The Hall–Kier alpha value is -1.29. The van der Waals surface area contributed by atoms with Crippen LogP contribution in [0, 0.1) is 12.8 Å². The molecular formula is C13H21N3O.